The van der Waals surface area contributed by atoms with Crippen molar-refractivity contribution in [3.63, 3.8) is 0 Å². The van der Waals surface area contributed by atoms with Gasteiger partial charge in [-0.1, -0.05) is 29.8 Å². The molecule has 1 atom stereocenters. The second kappa shape index (κ2) is 9.63. The Balaban J connectivity index is 1.47. The molecule has 0 unspecified atom stereocenters. The van der Waals surface area contributed by atoms with Crippen LogP contribution in [0.3, 0.4) is 0 Å². The second-order valence-corrected chi connectivity index (χ2v) is 10.9. The number of nitrogens with zero attached hydrogens (tertiary/aromatic N) is 2. The van der Waals surface area contributed by atoms with E-state index < -0.39 is 0 Å². The van der Waals surface area contributed by atoms with Crippen molar-refractivity contribution >= 4 is 23.1 Å². The van der Waals surface area contributed by atoms with E-state index in [4.69, 9.17) is 9.47 Å². The number of rotatable bonds is 4. The summed E-state index contributed by atoms with van der Waals surface area (Å²) in [6.07, 6.45) is 6.78. The van der Waals surface area contributed by atoms with E-state index in [1.807, 2.05) is 28.4 Å². The number of nitrogens with one attached hydrogen (secondary N) is 1. The number of hydrogen-bond donors (Lipinski definition) is 1. The highest BCUT2D eigenvalue weighted by molar-refractivity contribution is 7.15. The number of aromatic nitrogens is 1. The van der Waals surface area contributed by atoms with Crippen LogP contribution < -0.4 is 14.8 Å². The number of fused-ring (bicyclic) bond motifs is 5. The standard InChI is InChI=1S/C30H31N3O3S/c1-19-10-12-20(13-11-19)28-26-8-6-14-32(26)29-25(24-7-4-5-9-27(24)37-29)18-33(28)30(34)31-21-15-22(35-2)17-23(16-21)36-3/h6,8,10-17,28H,4-5,7,9,18H2,1-3H3,(H,31,34)/t28-/m1/s1. The first kappa shape index (κ1) is 23.7. The average Bonchev–Trinajstić information content (AvgIpc) is 3.51. The molecule has 6 nitrogen and oxygen atoms in total. The van der Waals surface area contributed by atoms with E-state index in [9.17, 15) is 4.79 Å². The Kier molecular flexibility index (Phi) is 6.16. The van der Waals surface area contributed by atoms with E-state index in [-0.39, 0.29) is 12.1 Å². The van der Waals surface area contributed by atoms with Gasteiger partial charge in [0.25, 0.3) is 0 Å². The number of benzene rings is 2. The molecular formula is C30H31N3O3S. The second-order valence-electron chi connectivity index (χ2n) is 9.77. The van der Waals surface area contributed by atoms with Crippen LogP contribution >= 0.6 is 11.3 Å². The number of hydrogen-bond acceptors (Lipinski definition) is 4. The lowest BCUT2D eigenvalue weighted by atomic mass is 9.95. The van der Waals surface area contributed by atoms with Crippen molar-refractivity contribution in [2.75, 3.05) is 19.5 Å². The minimum atomic E-state index is -0.234. The fourth-order valence-corrected chi connectivity index (χ4v) is 6.96. The molecule has 1 N–H and O–H groups in total. The van der Waals surface area contributed by atoms with Crippen LogP contribution in [0.1, 0.15) is 51.7 Å². The Morgan fingerprint density at radius 3 is 2.43 bits per heavy atom. The minimum absolute atomic E-state index is 0.155. The van der Waals surface area contributed by atoms with Crippen LogP contribution in [-0.4, -0.2) is 29.7 Å². The van der Waals surface area contributed by atoms with Crippen molar-refractivity contribution in [3.8, 4) is 16.5 Å². The normalized spacial score (nSPS) is 16.3. The van der Waals surface area contributed by atoms with Crippen LogP contribution in [0, 0.1) is 6.92 Å². The molecule has 37 heavy (non-hydrogen) atoms. The number of urea groups is 1. The highest BCUT2D eigenvalue weighted by atomic mass is 32.1. The quantitative estimate of drug-likeness (QED) is 0.324. The first-order chi connectivity index (χ1) is 18.1. The lowest BCUT2D eigenvalue weighted by Crippen LogP contribution is -2.38. The third-order valence-electron chi connectivity index (χ3n) is 7.44. The molecule has 0 spiro atoms. The molecule has 0 radical (unpaired) electrons. The number of methoxy groups -OCH3 is 2. The van der Waals surface area contributed by atoms with Gasteiger partial charge in [0.2, 0.25) is 0 Å². The predicted molar refractivity (Wildman–Crippen MR) is 147 cm³/mol. The lowest BCUT2D eigenvalue weighted by molar-refractivity contribution is 0.194. The summed E-state index contributed by atoms with van der Waals surface area (Å²) in [5.41, 5.74) is 6.74. The third-order valence-corrected chi connectivity index (χ3v) is 8.77. The molecular weight excluding hydrogens is 482 g/mol. The largest absolute Gasteiger partial charge is 0.497 e. The Hall–Kier alpha value is -3.71. The Morgan fingerprint density at radius 2 is 1.70 bits per heavy atom. The predicted octanol–water partition coefficient (Wildman–Crippen LogP) is 6.88. The zero-order valence-electron chi connectivity index (χ0n) is 21.4. The molecule has 1 aliphatic heterocycles. The molecule has 2 amide bonds. The molecule has 0 saturated heterocycles. The van der Waals surface area contributed by atoms with Gasteiger partial charge in [-0.3, -0.25) is 0 Å². The molecule has 2 aliphatic rings. The van der Waals surface area contributed by atoms with Crippen LogP contribution in [0.25, 0.3) is 5.00 Å². The fourth-order valence-electron chi connectivity index (χ4n) is 5.56. The summed E-state index contributed by atoms with van der Waals surface area (Å²) in [5.74, 6) is 1.26. The highest BCUT2D eigenvalue weighted by Gasteiger charge is 2.36. The SMILES string of the molecule is COc1cc(NC(=O)N2Cc3c(sc4c3CCCC4)-n3cccc3[C@H]2c2ccc(C)cc2)cc(OC)c1. The van der Waals surface area contributed by atoms with Gasteiger partial charge in [-0.25, -0.2) is 4.79 Å². The van der Waals surface area contributed by atoms with Crippen LogP contribution in [0.2, 0.25) is 0 Å². The molecule has 0 fully saturated rings. The van der Waals surface area contributed by atoms with Gasteiger partial charge in [-0.05, 0) is 55.9 Å². The van der Waals surface area contributed by atoms with E-state index in [0.29, 0.717) is 23.7 Å². The number of carbonyl (C=O) groups is 1. The molecule has 2 aromatic carbocycles. The molecule has 6 rings (SSSR count). The summed E-state index contributed by atoms with van der Waals surface area (Å²) in [6, 6.07) is 17.8. The number of thiophene rings is 1. The Labute approximate surface area is 221 Å². The molecule has 3 heterocycles. The van der Waals surface area contributed by atoms with E-state index in [2.05, 4.69) is 59.4 Å². The summed E-state index contributed by atoms with van der Waals surface area (Å²) in [6.45, 7) is 2.64. The molecule has 2 aromatic heterocycles. The van der Waals surface area contributed by atoms with Gasteiger partial charge in [0.1, 0.15) is 16.5 Å². The van der Waals surface area contributed by atoms with Crippen LogP contribution in [-0.2, 0) is 19.4 Å². The topological polar surface area (TPSA) is 55.7 Å². The smallest absolute Gasteiger partial charge is 0.322 e. The van der Waals surface area contributed by atoms with E-state index in [0.717, 1.165) is 24.1 Å². The van der Waals surface area contributed by atoms with Gasteiger partial charge in [0.15, 0.2) is 0 Å². The van der Waals surface area contributed by atoms with Gasteiger partial charge >= 0.3 is 6.03 Å². The fraction of sp³-hybridized carbons (Fsp3) is 0.300. The number of carbonyl (C=O) groups excluding carboxylic acids is 1. The maximum absolute atomic E-state index is 14.1. The monoisotopic (exact) mass is 513 g/mol. The van der Waals surface area contributed by atoms with Gasteiger partial charge in [0, 0.05) is 40.5 Å². The highest BCUT2D eigenvalue weighted by Crippen LogP contribution is 2.44. The molecule has 0 bridgehead atoms. The summed E-state index contributed by atoms with van der Waals surface area (Å²) in [7, 11) is 3.22. The maximum Gasteiger partial charge on any atom is 0.322 e. The number of anilines is 1. The van der Waals surface area contributed by atoms with Crippen molar-refractivity contribution < 1.29 is 14.3 Å². The van der Waals surface area contributed by atoms with Gasteiger partial charge in [-0.2, -0.15) is 0 Å². The number of ether oxygens (including phenoxy) is 2. The van der Waals surface area contributed by atoms with E-state index >= 15 is 0 Å². The molecule has 7 heteroatoms. The lowest BCUT2D eigenvalue weighted by Gasteiger charge is -2.31. The summed E-state index contributed by atoms with van der Waals surface area (Å²) >= 11 is 1.90. The number of amides is 2. The third kappa shape index (κ3) is 4.27. The van der Waals surface area contributed by atoms with Crippen LogP contribution in [0.4, 0.5) is 10.5 Å². The summed E-state index contributed by atoms with van der Waals surface area (Å²) in [4.78, 5) is 17.6. The maximum atomic E-state index is 14.1. The molecule has 4 aromatic rings. The van der Waals surface area contributed by atoms with Crippen molar-refractivity contribution in [2.24, 2.45) is 0 Å². The molecule has 1 aliphatic carbocycles. The zero-order valence-corrected chi connectivity index (χ0v) is 22.2. The zero-order chi connectivity index (χ0) is 25.5. The van der Waals surface area contributed by atoms with Crippen LogP contribution in [0.15, 0.2) is 60.8 Å². The van der Waals surface area contributed by atoms with Crippen molar-refractivity contribution in [1.29, 1.82) is 0 Å². The van der Waals surface area contributed by atoms with Gasteiger partial charge < -0.3 is 24.3 Å². The van der Waals surface area contributed by atoms with Gasteiger partial charge in [-0.15, -0.1) is 11.3 Å². The Morgan fingerprint density at radius 1 is 0.973 bits per heavy atom. The van der Waals surface area contributed by atoms with E-state index in [1.54, 1.807) is 20.3 Å². The Bertz CT molecular complexity index is 1430. The summed E-state index contributed by atoms with van der Waals surface area (Å²) < 4.78 is 13.2. The minimum Gasteiger partial charge on any atom is -0.497 e. The molecule has 190 valence electrons. The van der Waals surface area contributed by atoms with Crippen LogP contribution in [0.5, 0.6) is 11.5 Å². The van der Waals surface area contributed by atoms with Crippen molar-refractivity contribution in [1.82, 2.24) is 9.47 Å². The van der Waals surface area contributed by atoms with E-state index in [1.165, 1.54) is 39.4 Å². The summed E-state index contributed by atoms with van der Waals surface area (Å²) in [5, 5.41) is 4.40. The number of aryl methyl sites for hydroxylation is 2. The van der Waals surface area contributed by atoms with Crippen molar-refractivity contribution in [2.45, 2.75) is 45.2 Å². The first-order valence-electron chi connectivity index (χ1n) is 12.7. The molecule has 0 saturated carbocycles. The van der Waals surface area contributed by atoms with Gasteiger partial charge in [0.05, 0.1) is 32.5 Å². The van der Waals surface area contributed by atoms with Crippen molar-refractivity contribution in [3.05, 3.63) is 93.6 Å². The average molecular weight is 514 g/mol. The first-order valence-corrected chi connectivity index (χ1v) is 13.6.